The number of aryl methyl sites for hydroxylation is 1. The molecule has 4 nitrogen and oxygen atoms in total. The van der Waals surface area contributed by atoms with Crippen LogP contribution in [0.15, 0.2) is 24.3 Å². The molecule has 1 aliphatic rings. The molecular weight excluding hydrogens is 252 g/mol. The summed E-state index contributed by atoms with van der Waals surface area (Å²) in [5, 5.41) is 3.41. The third kappa shape index (κ3) is 3.58. The van der Waals surface area contributed by atoms with Crippen molar-refractivity contribution >= 4 is 0 Å². The second-order valence-corrected chi connectivity index (χ2v) is 5.52. The Labute approximate surface area is 122 Å². The minimum Gasteiger partial charge on any atom is -0.377 e. The predicted molar refractivity (Wildman–Crippen MR) is 81.0 cm³/mol. The zero-order valence-electron chi connectivity index (χ0n) is 12.9. The quantitative estimate of drug-likeness (QED) is 0.857. The number of hydrogen-bond donors (Lipinski definition) is 1. The summed E-state index contributed by atoms with van der Waals surface area (Å²) >= 11 is 0. The van der Waals surface area contributed by atoms with Crippen molar-refractivity contribution in [3.05, 3.63) is 35.4 Å². The van der Waals surface area contributed by atoms with Gasteiger partial charge in [-0.05, 0) is 19.5 Å². The highest BCUT2D eigenvalue weighted by molar-refractivity contribution is 5.25. The number of ether oxygens (including phenoxy) is 2. The monoisotopic (exact) mass is 278 g/mol. The van der Waals surface area contributed by atoms with Gasteiger partial charge in [0.25, 0.3) is 0 Å². The SMILES string of the molecule is CNC(CN1CC(OC)C(OC)C1)c1cccc(C)c1. The molecule has 0 bridgehead atoms. The number of rotatable bonds is 6. The van der Waals surface area contributed by atoms with E-state index < -0.39 is 0 Å². The Bertz CT molecular complexity index is 413. The summed E-state index contributed by atoms with van der Waals surface area (Å²) < 4.78 is 11.0. The summed E-state index contributed by atoms with van der Waals surface area (Å²) in [6, 6.07) is 9.02. The third-order valence-corrected chi connectivity index (χ3v) is 4.13. The molecule has 1 N–H and O–H groups in total. The molecule has 1 aromatic carbocycles. The standard InChI is InChI=1S/C16H26N2O2/c1-12-6-5-7-13(8-12)14(17-2)9-18-10-15(19-3)16(11-18)20-4/h5-8,14-17H,9-11H2,1-4H3. The van der Waals surface area contributed by atoms with E-state index in [0.29, 0.717) is 6.04 Å². The largest absolute Gasteiger partial charge is 0.377 e. The van der Waals surface area contributed by atoms with Gasteiger partial charge >= 0.3 is 0 Å². The predicted octanol–water partition coefficient (Wildman–Crippen LogP) is 1.60. The molecule has 3 atom stereocenters. The van der Waals surface area contributed by atoms with Gasteiger partial charge in [0.15, 0.2) is 0 Å². The molecule has 0 aliphatic carbocycles. The Balaban J connectivity index is 2.01. The second kappa shape index (κ2) is 7.18. The topological polar surface area (TPSA) is 33.7 Å². The molecule has 2 rings (SSSR count). The van der Waals surface area contributed by atoms with Crippen LogP contribution in [-0.4, -0.2) is 58.0 Å². The zero-order valence-corrected chi connectivity index (χ0v) is 12.9. The average molecular weight is 278 g/mol. The van der Waals surface area contributed by atoms with Gasteiger partial charge in [-0.1, -0.05) is 29.8 Å². The lowest BCUT2D eigenvalue weighted by molar-refractivity contribution is -0.00461. The van der Waals surface area contributed by atoms with E-state index in [4.69, 9.17) is 9.47 Å². The number of hydrogen-bond acceptors (Lipinski definition) is 4. The first-order valence-electron chi connectivity index (χ1n) is 7.19. The zero-order chi connectivity index (χ0) is 14.5. The molecule has 0 radical (unpaired) electrons. The summed E-state index contributed by atoms with van der Waals surface area (Å²) in [6.07, 6.45) is 0.352. The van der Waals surface area contributed by atoms with Gasteiger partial charge in [-0.15, -0.1) is 0 Å². The molecule has 1 saturated heterocycles. The van der Waals surface area contributed by atoms with Crippen molar-refractivity contribution in [2.24, 2.45) is 0 Å². The molecule has 1 fully saturated rings. The molecule has 3 unspecified atom stereocenters. The fourth-order valence-electron chi connectivity index (χ4n) is 2.93. The molecule has 20 heavy (non-hydrogen) atoms. The maximum absolute atomic E-state index is 5.50. The van der Waals surface area contributed by atoms with E-state index in [9.17, 15) is 0 Å². The normalized spacial score (nSPS) is 25.0. The van der Waals surface area contributed by atoms with Crippen LogP contribution in [0, 0.1) is 6.92 Å². The highest BCUT2D eigenvalue weighted by Crippen LogP contribution is 2.21. The molecule has 0 saturated carbocycles. The minimum atomic E-state index is 0.176. The summed E-state index contributed by atoms with van der Waals surface area (Å²) in [7, 11) is 5.54. The van der Waals surface area contributed by atoms with E-state index in [1.54, 1.807) is 14.2 Å². The van der Waals surface area contributed by atoms with Crippen molar-refractivity contribution in [1.29, 1.82) is 0 Å². The van der Waals surface area contributed by atoms with Crippen LogP contribution < -0.4 is 5.32 Å². The molecule has 1 heterocycles. The molecule has 4 heteroatoms. The minimum absolute atomic E-state index is 0.176. The first-order valence-corrected chi connectivity index (χ1v) is 7.19. The molecule has 0 aromatic heterocycles. The van der Waals surface area contributed by atoms with Gasteiger partial charge in [-0.3, -0.25) is 4.90 Å². The highest BCUT2D eigenvalue weighted by Gasteiger charge is 2.33. The van der Waals surface area contributed by atoms with Crippen LogP contribution >= 0.6 is 0 Å². The van der Waals surface area contributed by atoms with Gasteiger partial charge in [0, 0.05) is 39.9 Å². The third-order valence-electron chi connectivity index (χ3n) is 4.13. The van der Waals surface area contributed by atoms with Gasteiger partial charge in [-0.2, -0.15) is 0 Å². The Hall–Kier alpha value is -0.940. The van der Waals surface area contributed by atoms with Crippen molar-refractivity contribution in [3.63, 3.8) is 0 Å². The van der Waals surface area contributed by atoms with Gasteiger partial charge in [0.05, 0.1) is 12.2 Å². The van der Waals surface area contributed by atoms with Crippen molar-refractivity contribution in [2.45, 2.75) is 25.2 Å². The maximum Gasteiger partial charge on any atom is 0.0971 e. The summed E-state index contributed by atoms with van der Waals surface area (Å²) in [5.41, 5.74) is 2.64. The Morgan fingerprint density at radius 3 is 2.40 bits per heavy atom. The Morgan fingerprint density at radius 1 is 1.25 bits per heavy atom. The number of nitrogens with zero attached hydrogens (tertiary/aromatic N) is 1. The van der Waals surface area contributed by atoms with Gasteiger partial charge in [0.2, 0.25) is 0 Å². The first kappa shape index (κ1) is 15.4. The fraction of sp³-hybridized carbons (Fsp3) is 0.625. The lowest BCUT2D eigenvalue weighted by atomic mass is 10.0. The number of likely N-dealkylation sites (N-methyl/N-ethyl adjacent to an activating group) is 1. The Morgan fingerprint density at radius 2 is 1.90 bits per heavy atom. The summed E-state index contributed by atoms with van der Waals surface area (Å²) in [5.74, 6) is 0. The van der Waals surface area contributed by atoms with Crippen LogP contribution in [-0.2, 0) is 9.47 Å². The van der Waals surface area contributed by atoms with Crippen molar-refractivity contribution in [3.8, 4) is 0 Å². The van der Waals surface area contributed by atoms with Crippen LogP contribution in [0.2, 0.25) is 0 Å². The van der Waals surface area contributed by atoms with Crippen LogP contribution in [0.4, 0.5) is 0 Å². The summed E-state index contributed by atoms with van der Waals surface area (Å²) in [4.78, 5) is 2.41. The smallest absolute Gasteiger partial charge is 0.0971 e. The highest BCUT2D eigenvalue weighted by atomic mass is 16.5. The molecule has 0 amide bonds. The fourth-order valence-corrected chi connectivity index (χ4v) is 2.93. The molecular formula is C16H26N2O2. The van der Waals surface area contributed by atoms with Gasteiger partial charge in [-0.25, -0.2) is 0 Å². The van der Waals surface area contributed by atoms with E-state index >= 15 is 0 Å². The number of methoxy groups -OCH3 is 2. The van der Waals surface area contributed by atoms with Crippen LogP contribution in [0.3, 0.4) is 0 Å². The number of likely N-dealkylation sites (tertiary alicyclic amines) is 1. The van der Waals surface area contributed by atoms with Crippen molar-refractivity contribution in [2.75, 3.05) is 40.9 Å². The summed E-state index contributed by atoms with van der Waals surface area (Å²) in [6.45, 7) is 4.96. The van der Waals surface area contributed by atoms with Crippen molar-refractivity contribution in [1.82, 2.24) is 10.2 Å². The van der Waals surface area contributed by atoms with Crippen molar-refractivity contribution < 1.29 is 9.47 Å². The van der Waals surface area contributed by atoms with Gasteiger partial charge in [0.1, 0.15) is 0 Å². The molecule has 1 aromatic rings. The lowest BCUT2D eigenvalue weighted by Gasteiger charge is -2.24. The maximum atomic E-state index is 5.50. The number of nitrogens with one attached hydrogen (secondary N) is 1. The first-order chi connectivity index (χ1) is 9.67. The van der Waals surface area contributed by atoms with Crippen LogP contribution in [0.25, 0.3) is 0 Å². The van der Waals surface area contributed by atoms with E-state index in [2.05, 4.69) is 41.4 Å². The van der Waals surface area contributed by atoms with E-state index in [-0.39, 0.29) is 12.2 Å². The molecule has 1 aliphatic heterocycles. The number of benzene rings is 1. The van der Waals surface area contributed by atoms with E-state index in [1.807, 2.05) is 7.05 Å². The lowest BCUT2D eigenvalue weighted by Crippen LogP contribution is -2.33. The van der Waals surface area contributed by atoms with Gasteiger partial charge < -0.3 is 14.8 Å². The average Bonchev–Trinajstić information content (AvgIpc) is 2.86. The molecule has 0 spiro atoms. The van der Waals surface area contributed by atoms with E-state index in [1.165, 1.54) is 11.1 Å². The van der Waals surface area contributed by atoms with Crippen LogP contribution in [0.5, 0.6) is 0 Å². The second-order valence-electron chi connectivity index (χ2n) is 5.52. The Kier molecular flexibility index (Phi) is 5.54. The molecule has 112 valence electrons. The van der Waals surface area contributed by atoms with Crippen LogP contribution in [0.1, 0.15) is 17.2 Å². The van der Waals surface area contributed by atoms with E-state index in [0.717, 1.165) is 19.6 Å².